The molecule has 9 heteroatoms. The highest BCUT2D eigenvalue weighted by molar-refractivity contribution is 5.93. The Hall–Kier alpha value is -4.29. The van der Waals surface area contributed by atoms with Gasteiger partial charge in [-0.15, -0.1) is 0 Å². The maximum absolute atomic E-state index is 13.3. The first-order valence-electron chi connectivity index (χ1n) is 13.4. The zero-order valence-electron chi connectivity index (χ0n) is 21.6. The molecule has 3 heterocycles. The van der Waals surface area contributed by atoms with Crippen LogP contribution in [0.2, 0.25) is 0 Å². The monoisotopic (exact) mass is 523 g/mol. The standard InChI is InChI=1S/C30H30FN7O/c31-22-7-5-8-23(15-22)34-28(39)17-24-16-27(37-36-24)35-29-25-10-9-21(14-26(25)32-20-33-29)6-1-4-13-38-18-30(19-38)11-2-3-12-30/h5,7-10,14-16,20H,2-4,11-13,17-19H2,(H,34,39)(H2,32,33,35,36,37). The SMILES string of the molecule is O=C(Cc1cc(Nc2ncnc3cc(C#CCCN4CC5(CCCC5)C4)ccc23)n[nH]1)Nc1cccc(F)c1. The number of carbonyl (C=O) groups excluding carboxylic acids is 1. The number of aromatic amines is 1. The van der Waals surface area contributed by atoms with Gasteiger partial charge in [0.05, 0.1) is 11.9 Å². The predicted molar refractivity (Wildman–Crippen MR) is 149 cm³/mol. The van der Waals surface area contributed by atoms with Crippen molar-refractivity contribution >= 4 is 34.1 Å². The van der Waals surface area contributed by atoms with E-state index in [1.54, 1.807) is 18.2 Å². The lowest BCUT2D eigenvalue weighted by atomic mass is 9.78. The number of anilines is 3. The normalized spacial score (nSPS) is 16.0. The Kier molecular flexibility index (Phi) is 6.95. The first kappa shape index (κ1) is 25.0. The van der Waals surface area contributed by atoms with Crippen LogP contribution in [0, 0.1) is 23.1 Å². The lowest BCUT2D eigenvalue weighted by molar-refractivity contribution is -0.115. The van der Waals surface area contributed by atoms with Crippen molar-refractivity contribution in [1.82, 2.24) is 25.1 Å². The fourth-order valence-corrected chi connectivity index (χ4v) is 5.70. The van der Waals surface area contributed by atoms with E-state index in [0.29, 0.717) is 28.4 Å². The van der Waals surface area contributed by atoms with E-state index < -0.39 is 5.82 Å². The Bertz CT molecular complexity index is 1560. The van der Waals surface area contributed by atoms with E-state index >= 15 is 0 Å². The van der Waals surface area contributed by atoms with Crippen molar-refractivity contribution < 1.29 is 9.18 Å². The summed E-state index contributed by atoms with van der Waals surface area (Å²) in [4.78, 5) is 23.7. The zero-order valence-corrected chi connectivity index (χ0v) is 21.6. The smallest absolute Gasteiger partial charge is 0.230 e. The number of H-pyrrole nitrogens is 1. The van der Waals surface area contributed by atoms with Gasteiger partial charge in [-0.2, -0.15) is 5.10 Å². The summed E-state index contributed by atoms with van der Waals surface area (Å²) in [6.45, 7) is 3.53. The van der Waals surface area contributed by atoms with Gasteiger partial charge in [0, 0.05) is 54.5 Å². The van der Waals surface area contributed by atoms with Crippen LogP contribution in [-0.4, -0.2) is 50.6 Å². The van der Waals surface area contributed by atoms with Gasteiger partial charge >= 0.3 is 0 Å². The Morgan fingerprint density at radius 1 is 1.10 bits per heavy atom. The van der Waals surface area contributed by atoms with E-state index in [1.165, 1.54) is 57.2 Å². The molecule has 8 nitrogen and oxygen atoms in total. The summed E-state index contributed by atoms with van der Waals surface area (Å²) in [5.41, 5.74) is 3.36. The second-order valence-electron chi connectivity index (χ2n) is 10.6. The van der Waals surface area contributed by atoms with Crippen molar-refractivity contribution in [2.24, 2.45) is 5.41 Å². The number of hydrogen-bond donors (Lipinski definition) is 3. The highest BCUT2D eigenvalue weighted by Crippen LogP contribution is 2.45. The molecule has 0 radical (unpaired) electrons. The average molecular weight is 524 g/mol. The van der Waals surface area contributed by atoms with Gasteiger partial charge in [-0.1, -0.05) is 30.7 Å². The molecule has 1 saturated carbocycles. The van der Waals surface area contributed by atoms with Gasteiger partial charge in [0.25, 0.3) is 0 Å². The molecule has 1 spiro atoms. The molecule has 2 aromatic carbocycles. The molecular weight excluding hydrogens is 493 g/mol. The number of benzene rings is 2. The van der Waals surface area contributed by atoms with Crippen molar-refractivity contribution in [2.45, 2.75) is 38.5 Å². The van der Waals surface area contributed by atoms with Crippen molar-refractivity contribution in [3.05, 3.63) is 71.9 Å². The minimum absolute atomic E-state index is 0.0658. The van der Waals surface area contributed by atoms with Gasteiger partial charge in [0.15, 0.2) is 5.82 Å². The molecule has 4 aromatic rings. The van der Waals surface area contributed by atoms with Crippen LogP contribution in [0.25, 0.3) is 10.9 Å². The summed E-state index contributed by atoms with van der Waals surface area (Å²) >= 11 is 0. The third-order valence-corrected chi connectivity index (χ3v) is 7.54. The van der Waals surface area contributed by atoms with Crippen LogP contribution in [0.4, 0.5) is 21.7 Å². The van der Waals surface area contributed by atoms with E-state index in [0.717, 1.165) is 29.4 Å². The third kappa shape index (κ3) is 5.91. The van der Waals surface area contributed by atoms with Crippen molar-refractivity contribution in [3.8, 4) is 11.8 Å². The first-order valence-corrected chi connectivity index (χ1v) is 13.4. The molecule has 6 rings (SSSR count). The second kappa shape index (κ2) is 10.8. The van der Waals surface area contributed by atoms with Crippen LogP contribution in [0.3, 0.4) is 0 Å². The fraction of sp³-hybridized carbons (Fsp3) is 0.333. The van der Waals surface area contributed by atoms with Crippen LogP contribution in [0.15, 0.2) is 54.9 Å². The average Bonchev–Trinajstić information content (AvgIpc) is 3.56. The van der Waals surface area contributed by atoms with Gasteiger partial charge in [0.1, 0.15) is 18.0 Å². The van der Waals surface area contributed by atoms with Crippen LogP contribution < -0.4 is 10.6 Å². The Morgan fingerprint density at radius 2 is 1.97 bits per heavy atom. The number of nitrogens with one attached hydrogen (secondary N) is 3. The van der Waals surface area contributed by atoms with Crippen LogP contribution in [0.5, 0.6) is 0 Å². The van der Waals surface area contributed by atoms with Crippen LogP contribution >= 0.6 is 0 Å². The largest absolute Gasteiger partial charge is 0.326 e. The molecular formula is C30H30FN7O. The Morgan fingerprint density at radius 3 is 2.82 bits per heavy atom. The summed E-state index contributed by atoms with van der Waals surface area (Å²) < 4.78 is 13.3. The molecule has 0 bridgehead atoms. The molecule has 1 aliphatic heterocycles. The van der Waals surface area contributed by atoms with E-state index in [4.69, 9.17) is 0 Å². The van der Waals surface area contributed by atoms with Gasteiger partial charge < -0.3 is 15.5 Å². The molecule has 3 N–H and O–H groups in total. The number of fused-ring (bicyclic) bond motifs is 1. The van der Waals surface area contributed by atoms with Crippen molar-refractivity contribution in [2.75, 3.05) is 30.3 Å². The number of halogens is 1. The van der Waals surface area contributed by atoms with E-state index in [9.17, 15) is 9.18 Å². The maximum atomic E-state index is 13.3. The number of likely N-dealkylation sites (tertiary alicyclic amines) is 1. The molecule has 2 aromatic heterocycles. The first-order chi connectivity index (χ1) is 19.0. The van der Waals surface area contributed by atoms with Gasteiger partial charge in [-0.05, 0) is 54.7 Å². The molecule has 1 amide bonds. The lowest BCUT2D eigenvalue weighted by Crippen LogP contribution is -2.54. The molecule has 1 saturated heterocycles. The number of rotatable bonds is 7. The number of hydrogen-bond acceptors (Lipinski definition) is 6. The molecule has 2 aliphatic rings. The number of nitrogens with zero attached hydrogens (tertiary/aromatic N) is 4. The fourth-order valence-electron chi connectivity index (χ4n) is 5.70. The lowest BCUT2D eigenvalue weighted by Gasteiger charge is -2.48. The number of amides is 1. The summed E-state index contributed by atoms with van der Waals surface area (Å²) in [6.07, 6.45) is 8.05. The highest BCUT2D eigenvalue weighted by Gasteiger charge is 2.43. The zero-order chi connectivity index (χ0) is 26.7. The van der Waals surface area contributed by atoms with Gasteiger partial charge in [-0.3, -0.25) is 9.89 Å². The Labute approximate surface area is 226 Å². The molecule has 0 atom stereocenters. The summed E-state index contributed by atoms with van der Waals surface area (Å²) in [6, 6.07) is 13.4. The molecule has 39 heavy (non-hydrogen) atoms. The quantitative estimate of drug-likeness (QED) is 0.294. The van der Waals surface area contributed by atoms with Crippen LogP contribution in [0.1, 0.15) is 43.4 Å². The third-order valence-electron chi connectivity index (χ3n) is 7.54. The second-order valence-corrected chi connectivity index (χ2v) is 10.6. The molecule has 2 fully saturated rings. The maximum Gasteiger partial charge on any atom is 0.230 e. The van der Waals surface area contributed by atoms with Crippen molar-refractivity contribution in [3.63, 3.8) is 0 Å². The van der Waals surface area contributed by atoms with E-state index in [1.807, 2.05) is 18.2 Å². The predicted octanol–water partition coefficient (Wildman–Crippen LogP) is 5.03. The summed E-state index contributed by atoms with van der Waals surface area (Å²) in [7, 11) is 0. The topological polar surface area (TPSA) is 98.8 Å². The Balaban J connectivity index is 1.04. The minimum atomic E-state index is -0.406. The van der Waals surface area contributed by atoms with Crippen molar-refractivity contribution in [1.29, 1.82) is 0 Å². The van der Waals surface area contributed by atoms with Gasteiger partial charge in [-0.25, -0.2) is 14.4 Å². The number of aromatic nitrogens is 4. The van der Waals surface area contributed by atoms with E-state index in [2.05, 4.69) is 47.5 Å². The summed E-state index contributed by atoms with van der Waals surface area (Å²) in [5.74, 6) is 7.05. The van der Waals surface area contributed by atoms with E-state index in [-0.39, 0.29) is 12.3 Å². The minimum Gasteiger partial charge on any atom is -0.326 e. The van der Waals surface area contributed by atoms with Crippen LogP contribution in [-0.2, 0) is 11.2 Å². The molecule has 1 aliphatic carbocycles. The molecule has 198 valence electrons. The highest BCUT2D eigenvalue weighted by atomic mass is 19.1. The summed E-state index contributed by atoms with van der Waals surface area (Å²) in [5, 5.41) is 13.8. The van der Waals surface area contributed by atoms with Gasteiger partial charge in [0.2, 0.25) is 5.91 Å². The molecule has 0 unspecified atom stereocenters. The number of carbonyl (C=O) groups is 1.